The average Bonchev–Trinajstić information content (AvgIpc) is 2.48. The molecule has 13 heavy (non-hydrogen) atoms. The lowest BCUT2D eigenvalue weighted by molar-refractivity contribution is -0.193. The van der Waals surface area contributed by atoms with E-state index in [1.165, 1.54) is 0 Å². The highest BCUT2D eigenvalue weighted by molar-refractivity contribution is 4.91. The summed E-state index contributed by atoms with van der Waals surface area (Å²) in [5.41, 5.74) is 8.28. The van der Waals surface area contributed by atoms with Gasteiger partial charge in [-0.05, 0) is 19.4 Å². The Kier molecular flexibility index (Phi) is 1.92. The van der Waals surface area contributed by atoms with Crippen molar-refractivity contribution in [2.24, 2.45) is 5.11 Å². The second-order valence-electron chi connectivity index (χ2n) is 3.57. The highest BCUT2D eigenvalue weighted by Crippen LogP contribution is 2.35. The molecule has 2 saturated heterocycles. The lowest BCUT2D eigenvalue weighted by atomic mass is 10.2. The minimum absolute atomic E-state index is 0.258. The van der Waals surface area contributed by atoms with E-state index in [4.69, 9.17) is 19.7 Å². The largest absolute Gasteiger partial charge is 0.349 e. The van der Waals surface area contributed by atoms with Crippen LogP contribution >= 0.6 is 0 Å². The van der Waals surface area contributed by atoms with Crippen molar-refractivity contribution in [3.8, 4) is 0 Å². The van der Waals surface area contributed by atoms with E-state index < -0.39 is 5.79 Å². The third kappa shape index (κ3) is 1.49. The second-order valence-corrected chi connectivity index (χ2v) is 3.57. The van der Waals surface area contributed by atoms with Crippen LogP contribution < -0.4 is 0 Å². The summed E-state index contributed by atoms with van der Waals surface area (Å²) >= 11 is 0. The Bertz CT molecular complexity index is 262. The molecule has 0 spiro atoms. The number of rotatable bonds is 1. The second kappa shape index (κ2) is 2.85. The van der Waals surface area contributed by atoms with Crippen molar-refractivity contribution in [2.45, 2.75) is 38.1 Å². The first-order valence-electron chi connectivity index (χ1n) is 4.14. The number of fused-ring (bicyclic) bond motifs is 1. The average molecular weight is 185 g/mol. The van der Waals surface area contributed by atoms with Gasteiger partial charge >= 0.3 is 0 Å². The zero-order valence-corrected chi connectivity index (χ0v) is 7.51. The Hall–Kier alpha value is -0.810. The molecule has 2 rings (SSSR count). The predicted octanol–water partition coefficient (Wildman–Crippen LogP) is 1.17. The molecule has 3 atom stereocenters. The van der Waals surface area contributed by atoms with Gasteiger partial charge in [-0.1, -0.05) is 5.11 Å². The van der Waals surface area contributed by atoms with Crippen LogP contribution in [0.15, 0.2) is 5.11 Å². The van der Waals surface area contributed by atoms with Crippen LogP contribution in [0.1, 0.15) is 13.8 Å². The van der Waals surface area contributed by atoms with Gasteiger partial charge in [0.1, 0.15) is 6.10 Å². The first-order valence-corrected chi connectivity index (χ1v) is 4.14. The fourth-order valence-corrected chi connectivity index (χ4v) is 1.60. The van der Waals surface area contributed by atoms with Gasteiger partial charge in [-0.3, -0.25) is 0 Å². The van der Waals surface area contributed by atoms with Gasteiger partial charge in [0, 0.05) is 4.91 Å². The van der Waals surface area contributed by atoms with Crippen molar-refractivity contribution in [3.63, 3.8) is 0 Å². The maximum Gasteiger partial charge on any atom is 0.187 e. The lowest BCUT2D eigenvalue weighted by Crippen LogP contribution is -2.28. The van der Waals surface area contributed by atoms with E-state index in [1.807, 2.05) is 13.8 Å². The summed E-state index contributed by atoms with van der Waals surface area (Å²) in [6.07, 6.45) is -0.642. The van der Waals surface area contributed by atoms with Crippen molar-refractivity contribution < 1.29 is 14.2 Å². The van der Waals surface area contributed by atoms with Gasteiger partial charge in [-0.25, -0.2) is 0 Å². The molecule has 0 radical (unpaired) electrons. The van der Waals surface area contributed by atoms with Gasteiger partial charge in [-0.2, -0.15) is 0 Å². The van der Waals surface area contributed by atoms with Crippen LogP contribution in [-0.2, 0) is 14.2 Å². The molecule has 0 amide bonds. The summed E-state index contributed by atoms with van der Waals surface area (Å²) < 4.78 is 16.2. The number of nitrogens with zero attached hydrogens (tertiary/aromatic N) is 3. The number of hydrogen-bond acceptors (Lipinski definition) is 4. The molecule has 2 aliphatic heterocycles. The van der Waals surface area contributed by atoms with E-state index in [9.17, 15) is 0 Å². The monoisotopic (exact) mass is 185 g/mol. The molecule has 2 heterocycles. The van der Waals surface area contributed by atoms with Gasteiger partial charge in [0.2, 0.25) is 0 Å². The third-order valence-corrected chi connectivity index (χ3v) is 2.10. The Labute approximate surface area is 75.4 Å². The van der Waals surface area contributed by atoms with Crippen LogP contribution in [0.3, 0.4) is 0 Å². The van der Waals surface area contributed by atoms with Crippen molar-refractivity contribution in [1.29, 1.82) is 0 Å². The van der Waals surface area contributed by atoms with Crippen LogP contribution in [-0.4, -0.2) is 30.8 Å². The van der Waals surface area contributed by atoms with Gasteiger partial charge < -0.3 is 14.2 Å². The minimum atomic E-state index is -0.640. The van der Waals surface area contributed by atoms with Crippen molar-refractivity contribution >= 4 is 0 Å². The highest BCUT2D eigenvalue weighted by atomic mass is 16.8. The molecule has 6 nitrogen and oxygen atoms in total. The van der Waals surface area contributed by atoms with E-state index in [2.05, 4.69) is 10.0 Å². The molecule has 0 aromatic heterocycles. The molecule has 2 fully saturated rings. The molecule has 0 N–H and O–H groups in total. The summed E-state index contributed by atoms with van der Waals surface area (Å²) in [5, 5.41) is 3.58. The van der Waals surface area contributed by atoms with Crippen LogP contribution in [0.4, 0.5) is 0 Å². The molecule has 0 saturated carbocycles. The van der Waals surface area contributed by atoms with E-state index in [0.29, 0.717) is 6.61 Å². The van der Waals surface area contributed by atoms with Crippen LogP contribution in [0, 0.1) is 0 Å². The van der Waals surface area contributed by atoms with Crippen molar-refractivity contribution in [1.82, 2.24) is 0 Å². The highest BCUT2D eigenvalue weighted by Gasteiger charge is 2.49. The summed E-state index contributed by atoms with van der Waals surface area (Å²) in [7, 11) is 0. The SMILES string of the molecule is CC1(C)O[C@H]2OC[C@H](N=[N+]=[N-])[C@H]2O1. The van der Waals surface area contributed by atoms with Crippen LogP contribution in [0.25, 0.3) is 10.4 Å². The summed E-state index contributed by atoms with van der Waals surface area (Å²) in [6, 6.07) is -0.267. The first-order chi connectivity index (χ1) is 6.12. The minimum Gasteiger partial charge on any atom is -0.349 e. The molecule has 0 aromatic rings. The fourth-order valence-electron chi connectivity index (χ4n) is 1.60. The Balaban J connectivity index is 2.11. The molecule has 72 valence electrons. The van der Waals surface area contributed by atoms with E-state index in [0.717, 1.165) is 0 Å². The Morgan fingerprint density at radius 3 is 2.92 bits per heavy atom. The summed E-state index contributed by atoms with van der Waals surface area (Å²) in [5.74, 6) is -0.640. The zero-order valence-electron chi connectivity index (χ0n) is 7.51. The van der Waals surface area contributed by atoms with E-state index >= 15 is 0 Å². The number of azide groups is 1. The molecule has 0 aliphatic carbocycles. The van der Waals surface area contributed by atoms with E-state index in [-0.39, 0.29) is 18.4 Å². The van der Waals surface area contributed by atoms with Gasteiger partial charge in [0.25, 0.3) is 0 Å². The van der Waals surface area contributed by atoms with Crippen molar-refractivity contribution in [2.75, 3.05) is 6.61 Å². The first kappa shape index (κ1) is 8.77. The normalized spacial score (nSPS) is 41.2. The summed E-state index contributed by atoms with van der Waals surface area (Å²) in [6.45, 7) is 3.99. The molecule has 6 heteroatoms. The fraction of sp³-hybridized carbons (Fsp3) is 1.00. The predicted molar refractivity (Wildman–Crippen MR) is 42.7 cm³/mol. The summed E-state index contributed by atoms with van der Waals surface area (Å²) in [4.78, 5) is 2.74. The molecule has 0 bridgehead atoms. The number of ether oxygens (including phenoxy) is 3. The molecular formula is C7H11N3O3. The molecule has 0 aromatic carbocycles. The number of hydrogen-bond donors (Lipinski definition) is 0. The van der Waals surface area contributed by atoms with E-state index in [1.54, 1.807) is 0 Å². The standard InChI is InChI=1S/C7H11N3O3/c1-7(2)12-5-4(9-10-8)3-11-6(5)13-7/h4-6H,3H2,1-2H3/t4-,5+,6+/m0/s1. The van der Waals surface area contributed by atoms with Crippen LogP contribution in [0.2, 0.25) is 0 Å². The molecule has 0 unspecified atom stereocenters. The quantitative estimate of drug-likeness (QED) is 0.349. The van der Waals surface area contributed by atoms with Crippen molar-refractivity contribution in [3.05, 3.63) is 10.4 Å². The molecule has 2 aliphatic rings. The van der Waals surface area contributed by atoms with Crippen LogP contribution in [0.5, 0.6) is 0 Å². The topological polar surface area (TPSA) is 76.5 Å². The maximum absolute atomic E-state index is 8.28. The van der Waals surface area contributed by atoms with Gasteiger partial charge in [0.15, 0.2) is 12.1 Å². The van der Waals surface area contributed by atoms with Gasteiger partial charge in [-0.15, -0.1) is 0 Å². The Morgan fingerprint density at radius 1 is 1.46 bits per heavy atom. The molecular weight excluding hydrogens is 174 g/mol. The maximum atomic E-state index is 8.28. The smallest absolute Gasteiger partial charge is 0.187 e. The Morgan fingerprint density at radius 2 is 2.23 bits per heavy atom. The zero-order chi connectivity index (χ0) is 9.47. The third-order valence-electron chi connectivity index (χ3n) is 2.10. The van der Waals surface area contributed by atoms with Gasteiger partial charge in [0.05, 0.1) is 12.6 Å². The lowest BCUT2D eigenvalue weighted by Gasteiger charge is -2.18.